The molecule has 4 nitrogen and oxygen atoms in total. The zero-order valence-electron chi connectivity index (χ0n) is 13.7. The Hall–Kier alpha value is -2.07. The maximum absolute atomic E-state index is 5.69. The molecule has 1 N–H and O–H groups in total. The Labute approximate surface area is 132 Å². The van der Waals surface area contributed by atoms with Gasteiger partial charge in [-0.25, -0.2) is 0 Å². The highest BCUT2D eigenvalue weighted by Crippen LogP contribution is 2.18. The van der Waals surface area contributed by atoms with Crippen molar-refractivity contribution in [3.8, 4) is 5.75 Å². The molecule has 0 saturated carbocycles. The molecule has 0 aliphatic rings. The second-order valence-corrected chi connectivity index (χ2v) is 5.61. The predicted octanol–water partition coefficient (Wildman–Crippen LogP) is 3.62. The summed E-state index contributed by atoms with van der Waals surface area (Å²) in [6.07, 6.45) is 2.86. The third kappa shape index (κ3) is 4.46. The number of nitrogens with one attached hydrogen (secondary N) is 1. The van der Waals surface area contributed by atoms with Crippen LogP contribution in [-0.2, 0) is 13.6 Å². The molecule has 1 heterocycles. The van der Waals surface area contributed by atoms with Crippen molar-refractivity contribution in [1.29, 1.82) is 0 Å². The minimum atomic E-state index is 0.299. The van der Waals surface area contributed by atoms with Gasteiger partial charge in [-0.1, -0.05) is 25.6 Å². The average molecular weight is 299 g/mol. The van der Waals surface area contributed by atoms with Crippen LogP contribution < -0.4 is 10.1 Å². The summed E-state index contributed by atoms with van der Waals surface area (Å²) >= 11 is 0. The van der Waals surface area contributed by atoms with E-state index in [1.165, 1.54) is 11.3 Å². The lowest BCUT2D eigenvalue weighted by molar-refractivity contribution is 0.352. The first kappa shape index (κ1) is 16.3. The van der Waals surface area contributed by atoms with Crippen molar-refractivity contribution in [1.82, 2.24) is 15.1 Å². The number of nitrogens with zero attached hydrogens (tertiary/aromatic N) is 2. The number of hydrogen-bond donors (Lipinski definition) is 1. The number of hydrogen-bond acceptors (Lipinski definition) is 3. The molecule has 0 radical (unpaired) electrons. The van der Waals surface area contributed by atoms with Gasteiger partial charge in [0, 0.05) is 25.8 Å². The highest BCUT2D eigenvalue weighted by atomic mass is 16.5. The quantitative estimate of drug-likeness (QED) is 0.757. The average Bonchev–Trinajstić information content (AvgIpc) is 2.93. The maximum atomic E-state index is 5.69. The highest BCUT2D eigenvalue weighted by molar-refractivity contribution is 5.29. The number of aryl methyl sites for hydroxylation is 1. The molecule has 2 aromatic rings. The summed E-state index contributed by atoms with van der Waals surface area (Å²) in [6, 6.07) is 10.5. The van der Waals surface area contributed by atoms with Crippen LogP contribution in [0.1, 0.15) is 37.6 Å². The van der Waals surface area contributed by atoms with E-state index in [2.05, 4.69) is 42.1 Å². The van der Waals surface area contributed by atoms with Gasteiger partial charge in [0.25, 0.3) is 0 Å². The zero-order valence-corrected chi connectivity index (χ0v) is 13.7. The molecule has 2 rings (SSSR count). The first-order valence-electron chi connectivity index (χ1n) is 7.67. The van der Waals surface area contributed by atoms with E-state index < -0.39 is 0 Å². The van der Waals surface area contributed by atoms with Crippen LogP contribution >= 0.6 is 0 Å². The third-order valence-electron chi connectivity index (χ3n) is 3.56. The molecular formula is C18H25N3O. The van der Waals surface area contributed by atoms with E-state index in [1.54, 1.807) is 0 Å². The van der Waals surface area contributed by atoms with E-state index in [9.17, 15) is 0 Å². The van der Waals surface area contributed by atoms with Gasteiger partial charge in [0.2, 0.25) is 0 Å². The zero-order chi connectivity index (χ0) is 15.9. The van der Waals surface area contributed by atoms with Crippen LogP contribution in [0.4, 0.5) is 0 Å². The van der Waals surface area contributed by atoms with Gasteiger partial charge in [0.1, 0.15) is 12.4 Å². The van der Waals surface area contributed by atoms with Gasteiger partial charge in [0.15, 0.2) is 0 Å². The van der Waals surface area contributed by atoms with Crippen molar-refractivity contribution >= 4 is 0 Å². The van der Waals surface area contributed by atoms with E-state index in [-0.39, 0.29) is 0 Å². The van der Waals surface area contributed by atoms with Crippen LogP contribution in [0.25, 0.3) is 0 Å². The summed E-state index contributed by atoms with van der Waals surface area (Å²) in [5, 5.41) is 7.83. The normalized spacial score (nSPS) is 12.1. The number of benzene rings is 1. The first-order chi connectivity index (χ1) is 10.6. The predicted molar refractivity (Wildman–Crippen MR) is 89.8 cm³/mol. The Kier molecular flexibility index (Phi) is 5.78. The molecule has 0 amide bonds. The molecule has 4 heteroatoms. The molecule has 1 aromatic heterocycles. The Morgan fingerprint density at radius 3 is 2.86 bits per heavy atom. The number of ether oxygens (including phenoxy) is 1. The van der Waals surface area contributed by atoms with Gasteiger partial charge in [-0.05, 0) is 42.7 Å². The third-order valence-corrected chi connectivity index (χ3v) is 3.56. The van der Waals surface area contributed by atoms with E-state index in [0.29, 0.717) is 12.6 Å². The molecule has 1 aromatic carbocycles. The number of aromatic nitrogens is 2. The number of rotatable bonds is 8. The molecule has 0 fully saturated rings. The topological polar surface area (TPSA) is 39.1 Å². The molecule has 22 heavy (non-hydrogen) atoms. The van der Waals surface area contributed by atoms with Crippen molar-refractivity contribution in [2.75, 3.05) is 6.61 Å². The van der Waals surface area contributed by atoms with E-state index in [0.717, 1.165) is 24.3 Å². The standard InChI is InChI=1S/C18H25N3O/c1-5-17(18-9-10-20-21(18)4)19-12-15-7-6-8-16(11-15)22-13-14(2)3/h6-11,17,19H,2,5,12-13H2,1,3-4H3/t17-/m0/s1. The van der Waals surface area contributed by atoms with Crippen molar-refractivity contribution in [3.05, 3.63) is 59.9 Å². The Balaban J connectivity index is 1.97. The van der Waals surface area contributed by atoms with E-state index in [1.807, 2.05) is 37.0 Å². The van der Waals surface area contributed by atoms with Crippen LogP contribution in [0.5, 0.6) is 5.75 Å². The Morgan fingerprint density at radius 2 is 2.23 bits per heavy atom. The first-order valence-corrected chi connectivity index (χ1v) is 7.67. The fraction of sp³-hybridized carbons (Fsp3) is 0.389. The van der Waals surface area contributed by atoms with Gasteiger partial charge in [-0.15, -0.1) is 0 Å². The SMILES string of the molecule is C=C(C)COc1cccc(CN[C@@H](CC)c2ccnn2C)c1. The minimum Gasteiger partial charge on any atom is -0.489 e. The summed E-state index contributed by atoms with van der Waals surface area (Å²) in [7, 11) is 1.98. The summed E-state index contributed by atoms with van der Waals surface area (Å²) in [6.45, 7) is 9.35. The Morgan fingerprint density at radius 1 is 1.41 bits per heavy atom. The Bertz CT molecular complexity index is 618. The fourth-order valence-electron chi connectivity index (χ4n) is 2.38. The lowest BCUT2D eigenvalue weighted by atomic mass is 10.1. The van der Waals surface area contributed by atoms with Crippen molar-refractivity contribution in [2.45, 2.75) is 32.9 Å². The smallest absolute Gasteiger partial charge is 0.120 e. The van der Waals surface area contributed by atoms with Gasteiger partial charge in [0.05, 0.1) is 5.69 Å². The molecule has 118 valence electrons. The highest BCUT2D eigenvalue weighted by Gasteiger charge is 2.12. The van der Waals surface area contributed by atoms with E-state index >= 15 is 0 Å². The van der Waals surface area contributed by atoms with Crippen LogP contribution in [0.3, 0.4) is 0 Å². The summed E-state index contributed by atoms with van der Waals surface area (Å²) < 4.78 is 7.62. The molecule has 0 unspecified atom stereocenters. The van der Waals surface area contributed by atoms with Gasteiger partial charge >= 0.3 is 0 Å². The molecule has 0 spiro atoms. The van der Waals surface area contributed by atoms with Crippen molar-refractivity contribution < 1.29 is 4.74 Å². The second-order valence-electron chi connectivity index (χ2n) is 5.61. The molecule has 0 bridgehead atoms. The summed E-state index contributed by atoms with van der Waals surface area (Å²) in [4.78, 5) is 0. The fourth-order valence-corrected chi connectivity index (χ4v) is 2.38. The van der Waals surface area contributed by atoms with Crippen LogP contribution in [-0.4, -0.2) is 16.4 Å². The largest absolute Gasteiger partial charge is 0.489 e. The van der Waals surface area contributed by atoms with Gasteiger partial charge in [-0.2, -0.15) is 5.10 Å². The summed E-state index contributed by atoms with van der Waals surface area (Å²) in [5.74, 6) is 0.885. The van der Waals surface area contributed by atoms with E-state index in [4.69, 9.17) is 4.74 Å². The lowest BCUT2D eigenvalue weighted by Crippen LogP contribution is -2.22. The molecule has 0 aliphatic heterocycles. The molecule has 0 saturated heterocycles. The van der Waals surface area contributed by atoms with Crippen molar-refractivity contribution in [3.63, 3.8) is 0 Å². The lowest BCUT2D eigenvalue weighted by Gasteiger charge is -2.17. The van der Waals surface area contributed by atoms with Crippen LogP contribution in [0, 0.1) is 0 Å². The molecular weight excluding hydrogens is 274 g/mol. The van der Waals surface area contributed by atoms with Crippen molar-refractivity contribution in [2.24, 2.45) is 7.05 Å². The minimum absolute atomic E-state index is 0.299. The monoisotopic (exact) mass is 299 g/mol. The molecule has 0 aliphatic carbocycles. The molecule has 1 atom stereocenters. The summed E-state index contributed by atoms with van der Waals surface area (Å²) in [5.41, 5.74) is 3.43. The van der Waals surface area contributed by atoms with Crippen LogP contribution in [0.15, 0.2) is 48.7 Å². The van der Waals surface area contributed by atoms with Crippen LogP contribution in [0.2, 0.25) is 0 Å². The maximum Gasteiger partial charge on any atom is 0.120 e. The van der Waals surface area contributed by atoms with Gasteiger partial charge in [-0.3, -0.25) is 4.68 Å². The van der Waals surface area contributed by atoms with Gasteiger partial charge < -0.3 is 10.1 Å². The second kappa shape index (κ2) is 7.80.